The fraction of sp³-hybridized carbons (Fsp3) is 0.259. The number of halogens is 2. The first kappa shape index (κ1) is 21.6. The van der Waals surface area contributed by atoms with E-state index >= 15 is 4.39 Å². The molecule has 7 heteroatoms. The van der Waals surface area contributed by atoms with Gasteiger partial charge in [-0.3, -0.25) is 4.79 Å². The van der Waals surface area contributed by atoms with Crippen LogP contribution in [0, 0.1) is 5.82 Å². The molecule has 3 heterocycles. The van der Waals surface area contributed by atoms with E-state index < -0.39 is 5.82 Å². The Labute approximate surface area is 205 Å². The summed E-state index contributed by atoms with van der Waals surface area (Å²) in [5, 5.41) is 12.9. The van der Waals surface area contributed by atoms with Crippen LogP contribution in [0.4, 0.5) is 4.39 Å². The zero-order valence-electron chi connectivity index (χ0n) is 18.3. The van der Waals surface area contributed by atoms with Gasteiger partial charge in [0, 0.05) is 27.9 Å². The third-order valence-corrected chi connectivity index (χ3v) is 8.66. The second-order valence-electron chi connectivity index (χ2n) is 9.21. The van der Waals surface area contributed by atoms with Crippen LogP contribution in [0.25, 0.3) is 32.8 Å². The molecular formula is C27H22ClFN2O2S. The van der Waals surface area contributed by atoms with E-state index in [1.807, 2.05) is 35.2 Å². The number of benzene rings is 3. The Bertz CT molecular complexity index is 1470. The minimum absolute atomic E-state index is 0.00261. The minimum atomic E-state index is -0.469. The summed E-state index contributed by atoms with van der Waals surface area (Å²) in [4.78, 5) is 15.3. The van der Waals surface area contributed by atoms with Crippen LogP contribution < -0.4 is 0 Å². The maximum Gasteiger partial charge on any atom is 0.246 e. The molecule has 2 bridgehead atoms. The summed E-state index contributed by atoms with van der Waals surface area (Å²) in [6, 6.07) is 12.9. The van der Waals surface area contributed by atoms with Gasteiger partial charge in [0.25, 0.3) is 0 Å². The zero-order chi connectivity index (χ0) is 23.6. The smallest absolute Gasteiger partial charge is 0.246 e. The Morgan fingerprint density at radius 1 is 1.18 bits per heavy atom. The summed E-state index contributed by atoms with van der Waals surface area (Å²) < 4.78 is 20.5. The molecule has 1 amide bonds. The molecule has 4 aromatic rings. The van der Waals surface area contributed by atoms with Gasteiger partial charge in [-0.15, -0.1) is 0 Å². The third kappa shape index (κ3) is 3.23. The lowest BCUT2D eigenvalue weighted by atomic mass is 9.87. The van der Waals surface area contributed by atoms with Gasteiger partial charge in [0.15, 0.2) is 5.82 Å². The van der Waals surface area contributed by atoms with Crippen LogP contribution in [0.3, 0.4) is 0 Å². The topological polar surface area (TPSA) is 53.4 Å². The van der Waals surface area contributed by atoms with E-state index in [1.54, 1.807) is 12.1 Å². The quantitative estimate of drug-likeness (QED) is 0.312. The Balaban J connectivity index is 1.44. The number of carbonyl (C=O) groups is 1. The molecule has 0 radical (unpaired) electrons. The minimum Gasteiger partial charge on any atom is -0.508 e. The number of rotatable bonds is 3. The maximum atomic E-state index is 15.9. The van der Waals surface area contributed by atoms with Crippen molar-refractivity contribution in [1.29, 1.82) is 0 Å². The van der Waals surface area contributed by atoms with Crippen molar-refractivity contribution in [1.82, 2.24) is 9.27 Å². The Kier molecular flexibility index (Phi) is 5.12. The van der Waals surface area contributed by atoms with Crippen molar-refractivity contribution < 1.29 is 14.3 Å². The summed E-state index contributed by atoms with van der Waals surface area (Å²) in [5.74, 6) is -0.205. The zero-order valence-corrected chi connectivity index (χ0v) is 19.9. The molecule has 172 valence electrons. The van der Waals surface area contributed by atoms with Crippen LogP contribution >= 0.6 is 23.1 Å². The summed E-state index contributed by atoms with van der Waals surface area (Å²) in [7, 11) is 0. The standard InChI is InChI=1S/C27H22ClFN2O2S/c1-2-23(33)31-16-7-8-17(31)10-15(9-16)27-21-13-22(28)24(25(29)26(21)30-34-27)20-12-18(32)11-14-5-3-4-6-19(14)20/h2-6,11-13,15-17,32H,1,7-10H2/t15?,16-,17+. The highest BCUT2D eigenvalue weighted by molar-refractivity contribution is 7.07. The van der Waals surface area contributed by atoms with Crippen LogP contribution in [0.2, 0.25) is 5.02 Å². The molecule has 3 atom stereocenters. The molecule has 0 saturated carbocycles. The summed E-state index contributed by atoms with van der Waals surface area (Å²) in [6.45, 7) is 3.65. The average molecular weight is 493 g/mol. The second-order valence-corrected chi connectivity index (χ2v) is 10.4. The number of aromatic hydroxyl groups is 1. The molecule has 2 aliphatic heterocycles. The summed E-state index contributed by atoms with van der Waals surface area (Å²) >= 11 is 8.04. The maximum absolute atomic E-state index is 15.9. The monoisotopic (exact) mass is 492 g/mol. The number of fused-ring (bicyclic) bond motifs is 4. The number of carbonyl (C=O) groups excluding carboxylic acids is 1. The van der Waals surface area contributed by atoms with Crippen molar-refractivity contribution in [2.24, 2.45) is 0 Å². The first-order valence-electron chi connectivity index (χ1n) is 11.4. The Morgan fingerprint density at radius 2 is 1.91 bits per heavy atom. The Morgan fingerprint density at radius 3 is 2.65 bits per heavy atom. The highest BCUT2D eigenvalue weighted by Crippen LogP contribution is 2.48. The van der Waals surface area contributed by atoms with Crippen molar-refractivity contribution in [2.75, 3.05) is 0 Å². The number of hydrogen-bond acceptors (Lipinski definition) is 4. The number of phenolic OH excluding ortho intramolecular Hbond substituents is 1. The number of amides is 1. The van der Waals surface area contributed by atoms with Crippen LogP contribution in [0.15, 0.2) is 55.1 Å². The number of phenols is 1. The van der Waals surface area contributed by atoms with Gasteiger partial charge in [0.1, 0.15) is 11.3 Å². The van der Waals surface area contributed by atoms with Gasteiger partial charge in [-0.05, 0) is 83.7 Å². The van der Waals surface area contributed by atoms with Crippen LogP contribution in [0.1, 0.15) is 36.5 Å². The molecule has 1 N–H and O–H groups in total. The van der Waals surface area contributed by atoms with Crippen molar-refractivity contribution in [3.8, 4) is 16.9 Å². The molecule has 2 saturated heterocycles. The number of nitrogens with zero attached hydrogens (tertiary/aromatic N) is 2. The van der Waals surface area contributed by atoms with Gasteiger partial charge >= 0.3 is 0 Å². The van der Waals surface area contributed by atoms with Crippen LogP contribution in [-0.2, 0) is 4.79 Å². The molecule has 0 spiro atoms. The molecule has 4 nitrogen and oxygen atoms in total. The molecule has 3 aromatic carbocycles. The van der Waals surface area contributed by atoms with Gasteiger partial charge in [-0.1, -0.05) is 42.4 Å². The normalized spacial score (nSPS) is 21.9. The largest absolute Gasteiger partial charge is 0.508 e. The average Bonchev–Trinajstić information content (AvgIpc) is 3.36. The molecule has 2 fully saturated rings. The molecule has 6 rings (SSSR count). The number of hydrogen-bond donors (Lipinski definition) is 1. The first-order valence-corrected chi connectivity index (χ1v) is 12.6. The lowest BCUT2D eigenvalue weighted by Crippen LogP contribution is -2.45. The lowest BCUT2D eigenvalue weighted by Gasteiger charge is -2.38. The number of aromatic nitrogens is 1. The van der Waals surface area contributed by atoms with Crippen LogP contribution in [0.5, 0.6) is 5.75 Å². The van der Waals surface area contributed by atoms with E-state index in [0.717, 1.165) is 46.7 Å². The fourth-order valence-electron chi connectivity index (χ4n) is 5.93. The molecule has 34 heavy (non-hydrogen) atoms. The van der Waals surface area contributed by atoms with Crippen LogP contribution in [-0.4, -0.2) is 32.4 Å². The highest BCUT2D eigenvalue weighted by atomic mass is 35.5. The van der Waals surface area contributed by atoms with Crippen molar-refractivity contribution >= 4 is 50.7 Å². The first-order chi connectivity index (χ1) is 16.5. The van der Waals surface area contributed by atoms with Crippen molar-refractivity contribution in [3.63, 3.8) is 0 Å². The van der Waals surface area contributed by atoms with Gasteiger partial charge < -0.3 is 10.0 Å². The molecule has 1 unspecified atom stereocenters. The highest BCUT2D eigenvalue weighted by Gasteiger charge is 2.43. The summed E-state index contributed by atoms with van der Waals surface area (Å²) in [5.41, 5.74) is 1.11. The predicted molar refractivity (Wildman–Crippen MR) is 135 cm³/mol. The van der Waals surface area contributed by atoms with E-state index in [0.29, 0.717) is 16.1 Å². The van der Waals surface area contributed by atoms with Gasteiger partial charge in [-0.25, -0.2) is 4.39 Å². The molecular weight excluding hydrogens is 471 g/mol. The molecule has 2 aliphatic rings. The SMILES string of the molecule is C=CC(=O)N1[C@@H]2CC[C@H]1CC(c1snc3c(F)c(-c4cc(O)cc5ccccc45)c(Cl)cc13)C2. The van der Waals surface area contributed by atoms with E-state index in [9.17, 15) is 9.90 Å². The van der Waals surface area contributed by atoms with Crippen molar-refractivity contribution in [2.45, 2.75) is 43.7 Å². The third-order valence-electron chi connectivity index (χ3n) is 7.34. The lowest BCUT2D eigenvalue weighted by molar-refractivity contribution is -0.130. The number of piperidine rings is 1. The molecule has 0 aliphatic carbocycles. The summed E-state index contributed by atoms with van der Waals surface area (Å²) in [6.07, 6.45) is 5.05. The van der Waals surface area contributed by atoms with Gasteiger partial charge in [0.2, 0.25) is 5.91 Å². The Hall–Kier alpha value is -2.96. The van der Waals surface area contributed by atoms with E-state index in [1.165, 1.54) is 17.6 Å². The molecule has 1 aromatic heterocycles. The van der Waals surface area contributed by atoms with E-state index in [2.05, 4.69) is 11.0 Å². The van der Waals surface area contributed by atoms with E-state index in [4.69, 9.17) is 11.6 Å². The predicted octanol–water partition coefficient (Wildman–Crippen LogP) is 7.04. The van der Waals surface area contributed by atoms with Gasteiger partial charge in [-0.2, -0.15) is 4.37 Å². The van der Waals surface area contributed by atoms with E-state index in [-0.39, 0.29) is 35.2 Å². The second kappa shape index (κ2) is 8.07. The fourth-order valence-corrected chi connectivity index (χ4v) is 7.19. The van der Waals surface area contributed by atoms with Gasteiger partial charge in [0.05, 0.1) is 5.02 Å². The van der Waals surface area contributed by atoms with Crippen molar-refractivity contribution in [3.05, 3.63) is 70.8 Å².